The van der Waals surface area contributed by atoms with Gasteiger partial charge in [-0.3, -0.25) is 14.9 Å². The number of carbonyl (C=O) groups excluding carboxylic acids is 2. The zero-order valence-electron chi connectivity index (χ0n) is 9.52. The molecule has 0 fully saturated rings. The van der Waals surface area contributed by atoms with Crippen LogP contribution < -0.4 is 5.32 Å². The fourth-order valence-corrected chi connectivity index (χ4v) is 1.90. The van der Waals surface area contributed by atoms with Crippen molar-refractivity contribution in [3.63, 3.8) is 0 Å². The van der Waals surface area contributed by atoms with E-state index in [-0.39, 0.29) is 21.6 Å². The van der Waals surface area contributed by atoms with E-state index in [0.717, 1.165) is 13.2 Å². The first kappa shape index (κ1) is 14.1. The molecule has 18 heavy (non-hydrogen) atoms. The number of amides is 1. The van der Waals surface area contributed by atoms with Crippen molar-refractivity contribution in [1.82, 2.24) is 0 Å². The summed E-state index contributed by atoms with van der Waals surface area (Å²) in [6.45, 7) is 1.28. The van der Waals surface area contributed by atoms with Crippen molar-refractivity contribution < 1.29 is 19.2 Å². The molecule has 0 unspecified atom stereocenters. The number of methoxy groups -OCH3 is 1. The van der Waals surface area contributed by atoms with Crippen LogP contribution in [0.15, 0.2) is 16.6 Å². The van der Waals surface area contributed by atoms with Gasteiger partial charge in [0, 0.05) is 13.0 Å². The van der Waals surface area contributed by atoms with E-state index in [0.29, 0.717) is 0 Å². The average Bonchev–Trinajstić information content (AvgIpc) is 2.29. The molecule has 0 aliphatic carbocycles. The van der Waals surface area contributed by atoms with Crippen LogP contribution in [-0.2, 0) is 9.53 Å². The highest BCUT2D eigenvalue weighted by Gasteiger charge is 2.26. The molecule has 0 spiro atoms. The molecule has 1 aromatic carbocycles. The van der Waals surface area contributed by atoms with E-state index in [1.165, 1.54) is 13.0 Å². The van der Waals surface area contributed by atoms with Crippen molar-refractivity contribution in [3.8, 4) is 0 Å². The molecule has 0 aliphatic rings. The molecule has 1 rings (SSSR count). The molecule has 1 amide bonds. The number of benzene rings is 1. The molecule has 0 radical (unpaired) electrons. The molecule has 0 aliphatic heterocycles. The summed E-state index contributed by atoms with van der Waals surface area (Å²) in [5.74, 6) is -1.22. The number of nitro groups is 1. The summed E-state index contributed by atoms with van der Waals surface area (Å²) in [6.07, 6.45) is 0. The quantitative estimate of drug-likeness (QED) is 0.523. The van der Waals surface area contributed by atoms with Crippen LogP contribution in [0.2, 0.25) is 0 Å². The van der Waals surface area contributed by atoms with Gasteiger partial charge in [0.05, 0.1) is 22.2 Å². The van der Waals surface area contributed by atoms with Crippen molar-refractivity contribution in [2.45, 2.75) is 6.92 Å². The monoisotopic (exact) mass is 316 g/mol. The van der Waals surface area contributed by atoms with Crippen molar-refractivity contribution in [2.75, 3.05) is 12.4 Å². The van der Waals surface area contributed by atoms with Gasteiger partial charge in [-0.2, -0.15) is 0 Å². The molecule has 0 aromatic heterocycles. The molecule has 0 atom stereocenters. The van der Waals surface area contributed by atoms with Crippen molar-refractivity contribution in [1.29, 1.82) is 0 Å². The first-order valence-corrected chi connectivity index (χ1v) is 5.50. The Morgan fingerprint density at radius 3 is 2.50 bits per heavy atom. The number of ether oxygens (including phenoxy) is 1. The first-order chi connectivity index (χ1) is 8.38. The highest BCUT2D eigenvalue weighted by Crippen LogP contribution is 2.33. The predicted octanol–water partition coefficient (Wildman–Crippen LogP) is 2.10. The SMILES string of the molecule is COC(=O)c1c([N+](=O)[O-])ccc(NC(C)=O)c1Br. The fraction of sp³-hybridized carbons (Fsp3) is 0.200. The molecule has 0 saturated heterocycles. The topological polar surface area (TPSA) is 98.5 Å². The number of hydrogen-bond acceptors (Lipinski definition) is 5. The van der Waals surface area contributed by atoms with E-state index in [9.17, 15) is 19.7 Å². The van der Waals surface area contributed by atoms with E-state index in [1.54, 1.807) is 0 Å². The third-order valence-electron chi connectivity index (χ3n) is 2.02. The Morgan fingerprint density at radius 2 is 2.06 bits per heavy atom. The fourth-order valence-electron chi connectivity index (χ4n) is 1.30. The number of nitrogens with zero attached hydrogens (tertiary/aromatic N) is 1. The summed E-state index contributed by atoms with van der Waals surface area (Å²) in [5, 5.41) is 13.3. The van der Waals surface area contributed by atoms with Crippen LogP contribution in [-0.4, -0.2) is 23.9 Å². The number of nitro benzene ring substituents is 1. The lowest BCUT2D eigenvalue weighted by atomic mass is 10.1. The second-order valence-corrected chi connectivity index (χ2v) is 4.04. The number of hydrogen-bond donors (Lipinski definition) is 1. The van der Waals surface area contributed by atoms with Gasteiger partial charge in [0.1, 0.15) is 0 Å². The van der Waals surface area contributed by atoms with Crippen LogP contribution in [0.5, 0.6) is 0 Å². The van der Waals surface area contributed by atoms with E-state index in [4.69, 9.17) is 0 Å². The zero-order chi connectivity index (χ0) is 13.9. The molecular formula is C10H9BrN2O5. The molecule has 96 valence electrons. The Kier molecular flexibility index (Phi) is 4.38. The van der Waals surface area contributed by atoms with Crippen molar-refractivity contribution >= 4 is 39.2 Å². The van der Waals surface area contributed by atoms with Gasteiger partial charge in [0.2, 0.25) is 5.91 Å². The lowest BCUT2D eigenvalue weighted by Gasteiger charge is -2.09. The van der Waals surface area contributed by atoms with Gasteiger partial charge >= 0.3 is 5.97 Å². The van der Waals surface area contributed by atoms with Crippen LogP contribution in [0.1, 0.15) is 17.3 Å². The molecule has 8 heteroatoms. The van der Waals surface area contributed by atoms with Crippen molar-refractivity contribution in [3.05, 3.63) is 32.3 Å². The molecule has 0 heterocycles. The first-order valence-electron chi connectivity index (χ1n) is 4.71. The van der Waals surface area contributed by atoms with Crippen molar-refractivity contribution in [2.24, 2.45) is 0 Å². The minimum Gasteiger partial charge on any atom is -0.465 e. The molecule has 0 saturated carbocycles. The Hall–Kier alpha value is -1.96. The Bertz CT molecular complexity index is 529. The van der Waals surface area contributed by atoms with Gasteiger partial charge in [-0.15, -0.1) is 0 Å². The van der Waals surface area contributed by atoms with Crippen LogP contribution in [0.3, 0.4) is 0 Å². The average molecular weight is 317 g/mol. The van der Waals surface area contributed by atoms with Gasteiger partial charge in [0.15, 0.2) is 5.56 Å². The largest absolute Gasteiger partial charge is 0.465 e. The Balaban J connectivity index is 3.44. The second kappa shape index (κ2) is 5.58. The smallest absolute Gasteiger partial charge is 0.346 e. The number of halogens is 1. The van der Waals surface area contributed by atoms with Gasteiger partial charge in [-0.05, 0) is 22.0 Å². The predicted molar refractivity (Wildman–Crippen MR) is 66.4 cm³/mol. The van der Waals surface area contributed by atoms with Gasteiger partial charge in [-0.25, -0.2) is 4.79 Å². The molecule has 7 nitrogen and oxygen atoms in total. The van der Waals surface area contributed by atoms with Gasteiger partial charge < -0.3 is 10.1 Å². The van der Waals surface area contributed by atoms with E-state index < -0.39 is 16.6 Å². The minimum atomic E-state index is -0.860. The molecule has 1 aromatic rings. The lowest BCUT2D eigenvalue weighted by molar-refractivity contribution is -0.385. The number of esters is 1. The highest BCUT2D eigenvalue weighted by atomic mass is 79.9. The van der Waals surface area contributed by atoms with E-state index in [1.807, 2.05) is 0 Å². The summed E-state index contributed by atoms with van der Waals surface area (Å²) in [6, 6.07) is 2.46. The maximum Gasteiger partial charge on any atom is 0.346 e. The van der Waals surface area contributed by atoms with Gasteiger partial charge in [0.25, 0.3) is 5.69 Å². The Labute approximate surface area is 110 Å². The summed E-state index contributed by atoms with van der Waals surface area (Å²) in [4.78, 5) is 32.6. The maximum atomic E-state index is 11.5. The highest BCUT2D eigenvalue weighted by molar-refractivity contribution is 9.10. The lowest BCUT2D eigenvalue weighted by Crippen LogP contribution is -2.11. The van der Waals surface area contributed by atoms with Crippen LogP contribution in [0.4, 0.5) is 11.4 Å². The van der Waals surface area contributed by atoms with E-state index >= 15 is 0 Å². The van der Waals surface area contributed by atoms with Crippen LogP contribution in [0, 0.1) is 10.1 Å². The zero-order valence-corrected chi connectivity index (χ0v) is 11.1. The van der Waals surface area contributed by atoms with Gasteiger partial charge in [-0.1, -0.05) is 0 Å². The summed E-state index contributed by atoms with van der Waals surface area (Å²) in [5.41, 5.74) is -0.384. The van der Waals surface area contributed by atoms with Crippen LogP contribution >= 0.6 is 15.9 Å². The number of anilines is 1. The number of nitrogens with one attached hydrogen (secondary N) is 1. The Morgan fingerprint density at radius 1 is 1.44 bits per heavy atom. The molecule has 0 bridgehead atoms. The third kappa shape index (κ3) is 2.83. The summed E-state index contributed by atoms with van der Waals surface area (Å²) in [7, 11) is 1.11. The minimum absolute atomic E-state index is 0.110. The number of carbonyl (C=O) groups is 2. The second-order valence-electron chi connectivity index (χ2n) is 3.25. The summed E-state index contributed by atoms with van der Waals surface area (Å²) >= 11 is 3.05. The van der Waals surface area contributed by atoms with Crippen LogP contribution in [0.25, 0.3) is 0 Å². The molecule has 1 N–H and O–H groups in total. The third-order valence-corrected chi connectivity index (χ3v) is 2.84. The summed E-state index contributed by atoms with van der Waals surface area (Å²) < 4.78 is 4.59. The maximum absolute atomic E-state index is 11.5. The number of rotatable bonds is 3. The molecular weight excluding hydrogens is 308 g/mol. The normalized spacial score (nSPS) is 9.72. The standard InChI is InChI=1S/C10H9BrN2O5/c1-5(14)12-6-3-4-7(13(16)17)8(9(6)11)10(15)18-2/h3-4H,1-2H3,(H,12,14). The van der Waals surface area contributed by atoms with E-state index in [2.05, 4.69) is 26.0 Å².